The predicted molar refractivity (Wildman–Crippen MR) is 112 cm³/mol. The van der Waals surface area contributed by atoms with Crippen LogP contribution < -0.4 is 10.2 Å². The number of phenols is 1. The Kier molecular flexibility index (Phi) is 6.91. The number of nitrogens with one attached hydrogen (secondary N) is 1. The van der Waals surface area contributed by atoms with Crippen LogP contribution in [-0.2, 0) is 16.1 Å². The van der Waals surface area contributed by atoms with Crippen molar-refractivity contribution in [2.24, 2.45) is 0 Å². The molecule has 1 fully saturated rings. The first-order chi connectivity index (χ1) is 14.4. The molecule has 8 heteroatoms. The first-order valence-electron chi connectivity index (χ1n) is 9.88. The number of benzene rings is 2. The zero-order valence-corrected chi connectivity index (χ0v) is 16.9. The van der Waals surface area contributed by atoms with Crippen molar-refractivity contribution >= 4 is 17.5 Å². The molecule has 1 saturated heterocycles. The van der Waals surface area contributed by atoms with Crippen molar-refractivity contribution in [1.29, 1.82) is 0 Å². The maximum Gasteiger partial charge on any atom is 0.254 e. The highest BCUT2D eigenvalue weighted by Crippen LogP contribution is 2.21. The molecular weight excluding hydrogens is 386 g/mol. The lowest BCUT2D eigenvalue weighted by atomic mass is 10.1. The fourth-order valence-corrected chi connectivity index (χ4v) is 3.51. The molecule has 1 aliphatic heterocycles. The number of aryl methyl sites for hydroxylation is 1. The van der Waals surface area contributed by atoms with Gasteiger partial charge in [0, 0.05) is 38.4 Å². The molecule has 1 heterocycles. The monoisotopic (exact) mass is 413 g/mol. The number of hydrogen-bond donors (Lipinski definition) is 4. The van der Waals surface area contributed by atoms with Gasteiger partial charge in [-0.25, -0.2) is 0 Å². The van der Waals surface area contributed by atoms with Crippen molar-refractivity contribution in [3.63, 3.8) is 0 Å². The summed E-state index contributed by atoms with van der Waals surface area (Å²) < 4.78 is 0. The third-order valence-corrected chi connectivity index (χ3v) is 5.25. The highest BCUT2D eigenvalue weighted by atomic mass is 16.3. The molecule has 30 heavy (non-hydrogen) atoms. The van der Waals surface area contributed by atoms with Crippen LogP contribution in [0.25, 0.3) is 0 Å². The largest absolute Gasteiger partial charge is 0.508 e. The van der Waals surface area contributed by atoms with Crippen molar-refractivity contribution < 1.29 is 24.9 Å². The summed E-state index contributed by atoms with van der Waals surface area (Å²) in [4.78, 5) is 28.3. The van der Waals surface area contributed by atoms with E-state index in [1.54, 1.807) is 12.1 Å². The number of anilines is 1. The summed E-state index contributed by atoms with van der Waals surface area (Å²) in [5.41, 5.74) is 2.89. The molecule has 3 rings (SSSR count). The number of rotatable bonds is 6. The van der Waals surface area contributed by atoms with Crippen molar-refractivity contribution in [3.8, 4) is 5.75 Å². The number of carbonyl (C=O) groups excluding carboxylic acids is 2. The molecule has 0 bridgehead atoms. The Labute approximate surface area is 175 Å². The molecule has 2 amide bonds. The average Bonchev–Trinajstić information content (AvgIpc) is 2.76. The lowest BCUT2D eigenvalue weighted by molar-refractivity contribution is -0.153. The third kappa shape index (κ3) is 5.08. The van der Waals surface area contributed by atoms with E-state index in [9.17, 15) is 24.9 Å². The highest BCUT2D eigenvalue weighted by molar-refractivity contribution is 5.90. The van der Waals surface area contributed by atoms with Crippen LogP contribution in [0.15, 0.2) is 48.5 Å². The molecule has 0 radical (unpaired) electrons. The van der Waals surface area contributed by atoms with E-state index in [-0.39, 0.29) is 12.3 Å². The maximum atomic E-state index is 12.6. The standard InChI is InChI=1S/C22H27N3O5/c1-15-5-2-3-8-18(15)24-9-11-25(12-10-24)22(30)20(28)19(27)21(29)23-14-16-6-4-7-17(26)13-16/h2-8,13,19-20,26-28H,9-12,14H2,1H3,(H,23,29)/t19-,20-/m1/s1. The molecule has 8 nitrogen and oxygen atoms in total. The molecule has 2 atom stereocenters. The second-order valence-electron chi connectivity index (χ2n) is 7.38. The third-order valence-electron chi connectivity index (χ3n) is 5.25. The molecule has 2 aromatic carbocycles. The van der Waals surface area contributed by atoms with E-state index < -0.39 is 24.0 Å². The van der Waals surface area contributed by atoms with Crippen LogP contribution in [0.2, 0.25) is 0 Å². The molecule has 0 saturated carbocycles. The second kappa shape index (κ2) is 9.60. The second-order valence-corrected chi connectivity index (χ2v) is 7.38. The number of hydrogen-bond acceptors (Lipinski definition) is 6. The van der Waals surface area contributed by atoms with E-state index in [0.29, 0.717) is 31.7 Å². The average molecular weight is 413 g/mol. The smallest absolute Gasteiger partial charge is 0.254 e. The van der Waals surface area contributed by atoms with Gasteiger partial charge in [0.1, 0.15) is 5.75 Å². The Balaban J connectivity index is 1.51. The molecule has 0 aromatic heterocycles. The number of phenolic OH excluding ortho intramolecular Hbond substituents is 1. The molecule has 0 unspecified atom stereocenters. The van der Waals surface area contributed by atoms with Gasteiger partial charge in [-0.05, 0) is 36.2 Å². The van der Waals surface area contributed by atoms with E-state index in [1.165, 1.54) is 17.0 Å². The topological polar surface area (TPSA) is 113 Å². The molecular formula is C22H27N3O5. The number of aliphatic hydroxyl groups is 2. The van der Waals surface area contributed by atoms with Crippen LogP contribution in [-0.4, -0.2) is 70.4 Å². The number of piperazine rings is 1. The van der Waals surface area contributed by atoms with Crippen LogP contribution in [0.5, 0.6) is 5.75 Å². The first kappa shape index (κ1) is 21.6. The number of aliphatic hydroxyl groups excluding tert-OH is 2. The summed E-state index contributed by atoms with van der Waals surface area (Å²) in [6.07, 6.45) is -3.71. The normalized spacial score (nSPS) is 16.1. The minimum Gasteiger partial charge on any atom is -0.508 e. The summed E-state index contributed by atoms with van der Waals surface area (Å²) in [7, 11) is 0. The van der Waals surface area contributed by atoms with Crippen molar-refractivity contribution in [3.05, 3.63) is 59.7 Å². The summed E-state index contributed by atoms with van der Waals surface area (Å²) in [5.74, 6) is -1.46. The van der Waals surface area contributed by atoms with E-state index in [2.05, 4.69) is 10.2 Å². The number of amides is 2. The Morgan fingerprint density at radius 3 is 2.37 bits per heavy atom. The molecule has 2 aromatic rings. The number of carbonyl (C=O) groups is 2. The van der Waals surface area contributed by atoms with Gasteiger partial charge in [-0.1, -0.05) is 30.3 Å². The predicted octanol–water partition coefficient (Wildman–Crippen LogP) is 0.387. The van der Waals surface area contributed by atoms with Gasteiger partial charge in [0.2, 0.25) is 0 Å². The minimum atomic E-state index is -1.87. The zero-order valence-electron chi connectivity index (χ0n) is 16.9. The Hall–Kier alpha value is -3.10. The maximum absolute atomic E-state index is 12.6. The van der Waals surface area contributed by atoms with Gasteiger partial charge >= 0.3 is 0 Å². The summed E-state index contributed by atoms with van der Waals surface area (Å²) >= 11 is 0. The highest BCUT2D eigenvalue weighted by Gasteiger charge is 2.34. The van der Waals surface area contributed by atoms with Gasteiger partial charge in [-0.15, -0.1) is 0 Å². The van der Waals surface area contributed by atoms with Gasteiger partial charge in [-0.2, -0.15) is 0 Å². The van der Waals surface area contributed by atoms with E-state index in [4.69, 9.17) is 0 Å². The zero-order chi connectivity index (χ0) is 21.7. The van der Waals surface area contributed by atoms with Crippen LogP contribution >= 0.6 is 0 Å². The molecule has 4 N–H and O–H groups in total. The number of aromatic hydroxyl groups is 1. The van der Waals surface area contributed by atoms with Gasteiger partial charge in [-0.3, -0.25) is 9.59 Å². The van der Waals surface area contributed by atoms with Gasteiger partial charge < -0.3 is 30.4 Å². The summed E-state index contributed by atoms with van der Waals surface area (Å²) in [6.45, 7) is 4.07. The van der Waals surface area contributed by atoms with Crippen molar-refractivity contribution in [2.45, 2.75) is 25.7 Å². The number of para-hydroxylation sites is 1. The van der Waals surface area contributed by atoms with E-state index >= 15 is 0 Å². The SMILES string of the molecule is Cc1ccccc1N1CCN(C(=O)[C@H](O)[C@@H](O)C(=O)NCc2cccc(O)c2)CC1. The van der Waals surface area contributed by atoms with Crippen molar-refractivity contribution in [1.82, 2.24) is 10.2 Å². The lowest BCUT2D eigenvalue weighted by Crippen LogP contribution is -2.55. The molecule has 160 valence electrons. The van der Waals surface area contributed by atoms with Crippen molar-refractivity contribution in [2.75, 3.05) is 31.1 Å². The first-order valence-corrected chi connectivity index (χ1v) is 9.88. The fourth-order valence-electron chi connectivity index (χ4n) is 3.51. The van der Waals surface area contributed by atoms with Gasteiger partial charge in [0.05, 0.1) is 0 Å². The van der Waals surface area contributed by atoms with E-state index in [0.717, 1.165) is 11.3 Å². The Bertz CT molecular complexity index is 896. The Morgan fingerprint density at radius 1 is 1.00 bits per heavy atom. The van der Waals surface area contributed by atoms with Crippen LogP contribution in [0.3, 0.4) is 0 Å². The lowest BCUT2D eigenvalue weighted by Gasteiger charge is -2.37. The molecule has 0 aliphatic carbocycles. The van der Waals surface area contributed by atoms with Crippen LogP contribution in [0.4, 0.5) is 5.69 Å². The molecule has 1 aliphatic rings. The molecule has 0 spiro atoms. The van der Waals surface area contributed by atoms with Gasteiger partial charge in [0.15, 0.2) is 12.2 Å². The quantitative estimate of drug-likeness (QED) is 0.545. The van der Waals surface area contributed by atoms with Gasteiger partial charge in [0.25, 0.3) is 11.8 Å². The summed E-state index contributed by atoms with van der Waals surface area (Å²) in [5, 5.41) is 32.2. The Morgan fingerprint density at radius 2 is 1.70 bits per heavy atom. The van der Waals surface area contributed by atoms with E-state index in [1.807, 2.05) is 31.2 Å². The van der Waals surface area contributed by atoms with Crippen LogP contribution in [0.1, 0.15) is 11.1 Å². The minimum absolute atomic E-state index is 0.0559. The fraction of sp³-hybridized carbons (Fsp3) is 0.364. The summed E-state index contributed by atoms with van der Waals surface area (Å²) in [6, 6.07) is 14.3. The number of nitrogens with zero attached hydrogens (tertiary/aromatic N) is 2. The van der Waals surface area contributed by atoms with Crippen LogP contribution in [0, 0.1) is 6.92 Å².